The van der Waals surface area contributed by atoms with Gasteiger partial charge in [-0.15, -0.1) is 0 Å². The van der Waals surface area contributed by atoms with Gasteiger partial charge < -0.3 is 10.8 Å². The molecule has 0 radical (unpaired) electrons. The first-order chi connectivity index (χ1) is 7.93. The van der Waals surface area contributed by atoms with Crippen molar-refractivity contribution in [2.75, 3.05) is 20.1 Å². The molecule has 0 heterocycles. The molecule has 0 spiro atoms. The molecule has 0 aliphatic heterocycles. The first kappa shape index (κ1) is 14.2. The molecule has 1 atom stereocenters. The summed E-state index contributed by atoms with van der Waals surface area (Å²) >= 11 is 0. The van der Waals surface area contributed by atoms with Crippen molar-refractivity contribution in [2.24, 2.45) is 5.73 Å². The number of aliphatic hydroxyl groups excluding tert-OH is 1. The lowest BCUT2D eigenvalue weighted by atomic mass is 10.0. The maximum Gasteiger partial charge on any atom is 0.0789 e. The summed E-state index contributed by atoms with van der Waals surface area (Å²) in [6.45, 7) is 8.18. The van der Waals surface area contributed by atoms with Gasteiger partial charge in [0, 0.05) is 19.6 Å². The van der Waals surface area contributed by atoms with E-state index in [2.05, 4.69) is 37.8 Å². The summed E-state index contributed by atoms with van der Waals surface area (Å²) in [7, 11) is 2.01. The Balaban J connectivity index is 2.71. The fraction of sp³-hybridized carbons (Fsp3) is 0.571. The monoisotopic (exact) mass is 236 g/mol. The highest BCUT2D eigenvalue weighted by atomic mass is 16.3. The van der Waals surface area contributed by atoms with Crippen molar-refractivity contribution >= 4 is 0 Å². The minimum atomic E-state index is -0.438. The zero-order valence-corrected chi connectivity index (χ0v) is 11.3. The van der Waals surface area contributed by atoms with Crippen LogP contribution in [0.2, 0.25) is 0 Å². The summed E-state index contributed by atoms with van der Waals surface area (Å²) in [4.78, 5) is 2.11. The van der Waals surface area contributed by atoms with Gasteiger partial charge in [-0.05, 0) is 50.1 Å². The molecule has 3 nitrogen and oxygen atoms in total. The second-order valence-electron chi connectivity index (χ2n) is 4.95. The quantitative estimate of drug-likeness (QED) is 0.811. The second kappa shape index (κ2) is 6.15. The van der Waals surface area contributed by atoms with Crippen molar-refractivity contribution in [2.45, 2.75) is 33.4 Å². The van der Waals surface area contributed by atoms with Crippen molar-refractivity contribution in [3.63, 3.8) is 0 Å². The lowest BCUT2D eigenvalue weighted by molar-refractivity contribution is 0.129. The molecular formula is C14H24N2O. The summed E-state index contributed by atoms with van der Waals surface area (Å²) in [5.41, 5.74) is 10.7. The smallest absolute Gasteiger partial charge is 0.0789 e. The molecule has 3 N–H and O–H groups in total. The van der Waals surface area contributed by atoms with Crippen LogP contribution in [-0.2, 0) is 6.54 Å². The van der Waals surface area contributed by atoms with Crippen LogP contribution in [0.1, 0.15) is 22.3 Å². The molecule has 0 saturated heterocycles. The molecule has 0 saturated carbocycles. The number of nitrogens with two attached hydrogens (primary N) is 1. The van der Waals surface area contributed by atoms with E-state index in [9.17, 15) is 5.11 Å². The lowest BCUT2D eigenvalue weighted by Crippen LogP contribution is -2.33. The molecule has 0 amide bonds. The zero-order chi connectivity index (χ0) is 13.0. The summed E-state index contributed by atoms with van der Waals surface area (Å²) in [5, 5.41) is 9.51. The molecule has 1 aromatic carbocycles. The van der Waals surface area contributed by atoms with Crippen molar-refractivity contribution < 1.29 is 5.11 Å². The van der Waals surface area contributed by atoms with Gasteiger partial charge in [0.25, 0.3) is 0 Å². The molecule has 1 aromatic rings. The van der Waals surface area contributed by atoms with E-state index in [-0.39, 0.29) is 0 Å². The fourth-order valence-corrected chi connectivity index (χ4v) is 1.98. The first-order valence-corrected chi connectivity index (χ1v) is 6.07. The summed E-state index contributed by atoms with van der Waals surface area (Å²) in [6, 6.07) is 4.45. The van der Waals surface area contributed by atoms with E-state index in [0.717, 1.165) is 6.54 Å². The summed E-state index contributed by atoms with van der Waals surface area (Å²) in [5.74, 6) is 0. The van der Waals surface area contributed by atoms with Crippen LogP contribution in [0.3, 0.4) is 0 Å². The molecule has 0 aliphatic rings. The highest BCUT2D eigenvalue weighted by Gasteiger charge is 2.09. The molecule has 0 fully saturated rings. The number of aryl methyl sites for hydroxylation is 3. The number of rotatable bonds is 5. The Morgan fingerprint density at radius 1 is 1.18 bits per heavy atom. The average molecular weight is 236 g/mol. The number of nitrogens with zero attached hydrogens (tertiary/aromatic N) is 1. The van der Waals surface area contributed by atoms with Gasteiger partial charge in [-0.1, -0.05) is 12.1 Å². The number of likely N-dealkylation sites (N-methyl/N-ethyl adjacent to an activating group) is 1. The van der Waals surface area contributed by atoms with Gasteiger partial charge in [-0.3, -0.25) is 4.90 Å². The molecule has 17 heavy (non-hydrogen) atoms. The minimum Gasteiger partial charge on any atom is -0.390 e. The van der Waals surface area contributed by atoms with Gasteiger partial charge in [0.2, 0.25) is 0 Å². The van der Waals surface area contributed by atoms with E-state index in [1.807, 2.05) is 7.05 Å². The fourth-order valence-electron chi connectivity index (χ4n) is 1.98. The highest BCUT2D eigenvalue weighted by Crippen LogP contribution is 2.16. The zero-order valence-electron chi connectivity index (χ0n) is 11.3. The van der Waals surface area contributed by atoms with E-state index in [1.54, 1.807) is 0 Å². The molecule has 1 rings (SSSR count). The number of hydrogen-bond acceptors (Lipinski definition) is 3. The van der Waals surface area contributed by atoms with Crippen molar-refractivity contribution in [3.05, 3.63) is 34.4 Å². The van der Waals surface area contributed by atoms with E-state index in [1.165, 1.54) is 22.3 Å². The third-order valence-corrected chi connectivity index (χ3v) is 3.19. The maximum atomic E-state index is 9.51. The number of hydrogen-bond donors (Lipinski definition) is 2. The molecule has 3 heteroatoms. The van der Waals surface area contributed by atoms with E-state index in [4.69, 9.17) is 5.73 Å². The van der Waals surface area contributed by atoms with Crippen LogP contribution in [0.15, 0.2) is 12.1 Å². The van der Waals surface area contributed by atoms with E-state index >= 15 is 0 Å². The molecule has 0 aliphatic carbocycles. The predicted molar refractivity (Wildman–Crippen MR) is 72.0 cm³/mol. The van der Waals surface area contributed by atoms with Crippen LogP contribution in [0.5, 0.6) is 0 Å². The van der Waals surface area contributed by atoms with Gasteiger partial charge in [0.1, 0.15) is 0 Å². The molecular weight excluding hydrogens is 212 g/mol. The van der Waals surface area contributed by atoms with Gasteiger partial charge >= 0.3 is 0 Å². The van der Waals surface area contributed by atoms with Crippen LogP contribution in [0.4, 0.5) is 0 Å². The third-order valence-electron chi connectivity index (χ3n) is 3.19. The van der Waals surface area contributed by atoms with Crippen molar-refractivity contribution in [1.82, 2.24) is 4.90 Å². The van der Waals surface area contributed by atoms with Crippen LogP contribution in [0.25, 0.3) is 0 Å². The SMILES string of the molecule is Cc1cc(C)c(CN(C)CC(O)CN)cc1C. The van der Waals surface area contributed by atoms with Crippen LogP contribution in [0, 0.1) is 20.8 Å². The molecule has 0 bridgehead atoms. The van der Waals surface area contributed by atoms with Crippen LogP contribution >= 0.6 is 0 Å². The Morgan fingerprint density at radius 2 is 1.76 bits per heavy atom. The standard InChI is InChI=1S/C14H24N2O/c1-10-5-12(3)13(6-11(10)2)8-16(4)9-14(17)7-15/h5-6,14,17H,7-9,15H2,1-4H3. The predicted octanol–water partition coefficient (Wildman–Crippen LogP) is 1.36. The number of aliphatic hydroxyl groups is 1. The van der Waals surface area contributed by atoms with Gasteiger partial charge in [-0.2, -0.15) is 0 Å². The lowest BCUT2D eigenvalue weighted by Gasteiger charge is -2.21. The maximum absolute atomic E-state index is 9.51. The van der Waals surface area contributed by atoms with Gasteiger partial charge in [-0.25, -0.2) is 0 Å². The Hall–Kier alpha value is -0.900. The Labute approximate surface area is 104 Å². The van der Waals surface area contributed by atoms with Crippen LogP contribution in [-0.4, -0.2) is 36.2 Å². The highest BCUT2D eigenvalue weighted by molar-refractivity contribution is 5.36. The van der Waals surface area contributed by atoms with Crippen LogP contribution < -0.4 is 5.73 Å². The van der Waals surface area contributed by atoms with Crippen molar-refractivity contribution in [1.29, 1.82) is 0 Å². The normalized spacial score (nSPS) is 13.1. The first-order valence-electron chi connectivity index (χ1n) is 6.07. The Kier molecular flexibility index (Phi) is 5.12. The molecule has 1 unspecified atom stereocenters. The molecule has 96 valence electrons. The Morgan fingerprint density at radius 3 is 2.35 bits per heavy atom. The van der Waals surface area contributed by atoms with E-state index in [0.29, 0.717) is 13.1 Å². The average Bonchev–Trinajstić information content (AvgIpc) is 2.25. The van der Waals surface area contributed by atoms with Gasteiger partial charge in [0.15, 0.2) is 0 Å². The largest absolute Gasteiger partial charge is 0.390 e. The summed E-state index contributed by atoms with van der Waals surface area (Å²) in [6.07, 6.45) is -0.438. The third kappa shape index (κ3) is 4.11. The number of benzene rings is 1. The van der Waals surface area contributed by atoms with Crippen molar-refractivity contribution in [3.8, 4) is 0 Å². The summed E-state index contributed by atoms with van der Waals surface area (Å²) < 4.78 is 0. The molecule has 0 aromatic heterocycles. The topological polar surface area (TPSA) is 49.5 Å². The van der Waals surface area contributed by atoms with E-state index < -0.39 is 6.10 Å². The van der Waals surface area contributed by atoms with Gasteiger partial charge in [0.05, 0.1) is 6.10 Å². The second-order valence-corrected chi connectivity index (χ2v) is 4.95. The Bertz CT molecular complexity index is 377. The minimum absolute atomic E-state index is 0.316.